The minimum atomic E-state index is -1.59. The van der Waals surface area contributed by atoms with E-state index in [2.05, 4.69) is 0 Å². The fraction of sp³-hybridized carbons (Fsp3) is 0.625. The van der Waals surface area contributed by atoms with Gasteiger partial charge >= 0.3 is 9.53 Å². The first-order chi connectivity index (χ1) is 10.6. The molecule has 125 valence electrons. The van der Waals surface area contributed by atoms with Crippen LogP contribution in [0.3, 0.4) is 0 Å². The predicted molar refractivity (Wildman–Crippen MR) is 83.5 cm³/mol. The summed E-state index contributed by atoms with van der Waals surface area (Å²) in [5.41, 5.74) is 0.588. The Labute approximate surface area is 133 Å². The van der Waals surface area contributed by atoms with Crippen LogP contribution < -0.4 is 0 Å². The molecule has 0 bridgehead atoms. The largest absolute Gasteiger partial charge is 0.577 e. The lowest BCUT2D eigenvalue weighted by molar-refractivity contribution is 0.0892. The first-order valence-electron chi connectivity index (χ1n) is 7.62. The van der Waals surface area contributed by atoms with Crippen LogP contribution in [0.1, 0.15) is 44.6 Å². The van der Waals surface area contributed by atoms with Gasteiger partial charge in [-0.1, -0.05) is 25.3 Å². The number of aryl methyl sites for hydroxylation is 1. The third-order valence-electron chi connectivity index (χ3n) is 3.45. The number of hydrogen-bond donors (Lipinski definition) is 0. The molecule has 22 heavy (non-hydrogen) atoms. The van der Waals surface area contributed by atoms with Crippen LogP contribution in [0.2, 0.25) is 0 Å². The summed E-state index contributed by atoms with van der Waals surface area (Å²) in [6, 6.07) is 3.78. The lowest BCUT2D eigenvalue weighted by Crippen LogP contribution is -2.28. The zero-order chi connectivity index (χ0) is 16.4. The molecule has 1 aromatic rings. The van der Waals surface area contributed by atoms with Gasteiger partial charge in [-0.25, -0.2) is 8.78 Å². The van der Waals surface area contributed by atoms with Crippen molar-refractivity contribution >= 4 is 9.53 Å². The minimum absolute atomic E-state index is 0.114. The maximum atomic E-state index is 13.4. The van der Waals surface area contributed by atoms with E-state index in [0.717, 1.165) is 38.2 Å². The molecule has 0 heterocycles. The van der Waals surface area contributed by atoms with Gasteiger partial charge in [0.15, 0.2) is 0 Å². The zero-order valence-electron chi connectivity index (χ0n) is 13.5. The molecule has 1 unspecified atom stereocenters. The first-order valence-corrected chi connectivity index (χ1v) is 8.84. The summed E-state index contributed by atoms with van der Waals surface area (Å²) in [6.45, 7) is 2.01. The van der Waals surface area contributed by atoms with Gasteiger partial charge in [-0.05, 0) is 37.8 Å². The SMILES string of the molecule is CO[Si](OC)OC(C)CCCCCCc1ccc(F)cc1F. The van der Waals surface area contributed by atoms with Gasteiger partial charge < -0.3 is 13.3 Å². The molecule has 1 radical (unpaired) electrons. The summed E-state index contributed by atoms with van der Waals surface area (Å²) in [5, 5.41) is 0. The Bertz CT molecular complexity index is 428. The number of benzene rings is 1. The van der Waals surface area contributed by atoms with Gasteiger partial charge in [0.05, 0.1) is 0 Å². The minimum Gasteiger partial charge on any atom is -0.375 e. The number of unbranched alkanes of at least 4 members (excludes halogenated alkanes) is 3. The molecule has 0 fully saturated rings. The Kier molecular flexibility index (Phi) is 9.46. The van der Waals surface area contributed by atoms with Gasteiger partial charge in [-0.2, -0.15) is 0 Å². The molecule has 0 saturated carbocycles. The van der Waals surface area contributed by atoms with Crippen molar-refractivity contribution < 1.29 is 22.1 Å². The highest BCUT2D eigenvalue weighted by atomic mass is 28.3. The van der Waals surface area contributed by atoms with Crippen LogP contribution >= 0.6 is 0 Å². The van der Waals surface area contributed by atoms with Crippen molar-refractivity contribution in [3.63, 3.8) is 0 Å². The summed E-state index contributed by atoms with van der Waals surface area (Å²) in [6.07, 6.45) is 5.76. The monoisotopic (exact) mass is 331 g/mol. The smallest absolute Gasteiger partial charge is 0.375 e. The highest BCUT2D eigenvalue weighted by Gasteiger charge is 2.18. The predicted octanol–water partition coefficient (Wildman–Crippen LogP) is 4.14. The topological polar surface area (TPSA) is 27.7 Å². The van der Waals surface area contributed by atoms with Crippen LogP contribution in [0.25, 0.3) is 0 Å². The van der Waals surface area contributed by atoms with Crippen molar-refractivity contribution in [2.24, 2.45) is 0 Å². The lowest BCUT2D eigenvalue weighted by atomic mass is 10.0. The van der Waals surface area contributed by atoms with E-state index in [1.807, 2.05) is 6.92 Å². The molecular weight excluding hydrogens is 306 g/mol. The van der Waals surface area contributed by atoms with E-state index in [9.17, 15) is 8.78 Å². The normalized spacial score (nSPS) is 12.8. The second-order valence-corrected chi connectivity index (χ2v) is 6.83. The van der Waals surface area contributed by atoms with E-state index in [0.29, 0.717) is 12.0 Å². The molecule has 0 spiro atoms. The number of halogens is 2. The molecule has 1 aromatic carbocycles. The summed E-state index contributed by atoms with van der Waals surface area (Å²) < 4.78 is 42.0. The summed E-state index contributed by atoms with van der Waals surface area (Å²) in [4.78, 5) is 0. The first kappa shape index (κ1) is 19.2. The molecule has 0 aliphatic rings. The van der Waals surface area contributed by atoms with E-state index >= 15 is 0 Å². The molecule has 0 N–H and O–H groups in total. The van der Waals surface area contributed by atoms with Gasteiger partial charge in [0.2, 0.25) is 0 Å². The fourth-order valence-electron chi connectivity index (χ4n) is 2.23. The van der Waals surface area contributed by atoms with Gasteiger partial charge in [-0.15, -0.1) is 0 Å². The van der Waals surface area contributed by atoms with E-state index in [4.69, 9.17) is 13.3 Å². The van der Waals surface area contributed by atoms with Crippen LogP contribution in [-0.2, 0) is 19.7 Å². The Morgan fingerprint density at radius 2 is 1.73 bits per heavy atom. The highest BCUT2D eigenvalue weighted by Crippen LogP contribution is 2.15. The molecule has 0 saturated heterocycles. The van der Waals surface area contributed by atoms with Crippen LogP contribution in [-0.4, -0.2) is 29.9 Å². The molecule has 0 aliphatic carbocycles. The van der Waals surface area contributed by atoms with E-state index < -0.39 is 21.2 Å². The van der Waals surface area contributed by atoms with Gasteiger partial charge in [-0.3, -0.25) is 0 Å². The quantitative estimate of drug-likeness (QED) is 0.450. The second kappa shape index (κ2) is 10.8. The van der Waals surface area contributed by atoms with Crippen molar-refractivity contribution in [2.75, 3.05) is 14.2 Å². The number of rotatable bonds is 11. The van der Waals surface area contributed by atoms with Crippen molar-refractivity contribution in [3.8, 4) is 0 Å². The van der Waals surface area contributed by atoms with Gasteiger partial charge in [0.1, 0.15) is 11.6 Å². The van der Waals surface area contributed by atoms with E-state index in [1.165, 1.54) is 12.1 Å². The third kappa shape index (κ3) is 7.44. The molecule has 6 heteroatoms. The molecule has 0 amide bonds. The molecular formula is C16H25F2O3Si. The lowest BCUT2D eigenvalue weighted by Gasteiger charge is -2.16. The molecule has 0 aromatic heterocycles. The standard InChI is InChI=1S/C16H25F2O3Si/c1-13(21-22(19-2)20-3)8-6-4-5-7-9-14-10-11-15(17)12-16(14)18/h10-13H,4-9H2,1-3H3. The summed E-state index contributed by atoms with van der Waals surface area (Å²) in [5.74, 6) is -0.973. The van der Waals surface area contributed by atoms with E-state index in [1.54, 1.807) is 14.2 Å². The van der Waals surface area contributed by atoms with Gasteiger partial charge in [0, 0.05) is 26.4 Å². The van der Waals surface area contributed by atoms with Crippen LogP contribution in [0.5, 0.6) is 0 Å². The van der Waals surface area contributed by atoms with Crippen LogP contribution in [0.15, 0.2) is 18.2 Å². The Hall–Kier alpha value is -0.823. The summed E-state index contributed by atoms with van der Waals surface area (Å²) in [7, 11) is 1.58. The molecule has 0 aliphatic heterocycles. The van der Waals surface area contributed by atoms with Crippen LogP contribution in [0.4, 0.5) is 8.78 Å². The maximum Gasteiger partial charge on any atom is 0.577 e. The summed E-state index contributed by atoms with van der Waals surface area (Å²) >= 11 is 0. The fourth-order valence-corrected chi connectivity index (χ4v) is 3.03. The maximum absolute atomic E-state index is 13.4. The zero-order valence-corrected chi connectivity index (χ0v) is 14.5. The highest BCUT2D eigenvalue weighted by molar-refractivity contribution is 6.36. The van der Waals surface area contributed by atoms with E-state index in [-0.39, 0.29) is 6.10 Å². The molecule has 3 nitrogen and oxygen atoms in total. The van der Waals surface area contributed by atoms with Crippen molar-refractivity contribution in [1.82, 2.24) is 0 Å². The Morgan fingerprint density at radius 1 is 1.05 bits per heavy atom. The molecule has 1 rings (SSSR count). The average Bonchev–Trinajstić information content (AvgIpc) is 2.50. The Morgan fingerprint density at radius 3 is 2.36 bits per heavy atom. The molecule has 1 atom stereocenters. The second-order valence-electron chi connectivity index (χ2n) is 5.28. The van der Waals surface area contributed by atoms with Gasteiger partial charge in [0.25, 0.3) is 0 Å². The average molecular weight is 331 g/mol. The Balaban J connectivity index is 2.10. The van der Waals surface area contributed by atoms with Crippen molar-refractivity contribution in [3.05, 3.63) is 35.4 Å². The number of hydrogen-bond acceptors (Lipinski definition) is 3. The third-order valence-corrected chi connectivity index (χ3v) is 4.71. The van der Waals surface area contributed by atoms with Crippen molar-refractivity contribution in [2.45, 2.75) is 51.6 Å². The van der Waals surface area contributed by atoms with Crippen LogP contribution in [0, 0.1) is 11.6 Å². The van der Waals surface area contributed by atoms with Crippen molar-refractivity contribution in [1.29, 1.82) is 0 Å².